The lowest BCUT2D eigenvalue weighted by atomic mass is 10.5. The normalized spacial score (nSPS) is 5.16. The average molecular weight is 322 g/mol. The first-order valence-electron chi connectivity index (χ1n) is 5.74. The summed E-state index contributed by atoms with van der Waals surface area (Å²) in [6.07, 6.45) is 1.96. The molecule has 0 fully saturated rings. The molecule has 0 bridgehead atoms. The Morgan fingerprint density at radius 2 is 1.05 bits per heavy atom. The highest BCUT2D eigenvalue weighted by Gasteiger charge is 1.59. The van der Waals surface area contributed by atoms with Crippen molar-refractivity contribution in [1.29, 1.82) is 0 Å². The Hall–Kier alpha value is 0.0300. The van der Waals surface area contributed by atoms with Crippen molar-refractivity contribution in [2.45, 2.75) is 63.3 Å². The second-order valence-electron chi connectivity index (χ2n) is 1.73. The SMILES string of the molecule is C.C.C.C.CCCCl.CCCO.CCO.CN.FF.[2H][2H]. The number of hydrogen-bond acceptors (Lipinski definition) is 3. The van der Waals surface area contributed by atoms with E-state index in [1.54, 1.807) is 6.92 Å². The monoisotopic (exact) mass is 321 g/mol. The predicted molar refractivity (Wildman–Crippen MR) is 92.5 cm³/mol. The minimum atomic E-state index is 0. The fourth-order valence-corrected chi connectivity index (χ4v) is 0. The van der Waals surface area contributed by atoms with Gasteiger partial charge in [0.05, 0.1) is 0 Å². The second-order valence-corrected chi connectivity index (χ2v) is 2.11. The number of hydrogen-bond donors (Lipinski definition) is 3. The molecule has 0 rings (SSSR count). The Kier molecular flexibility index (Phi) is 553. The van der Waals surface area contributed by atoms with Crippen molar-refractivity contribution >= 4 is 11.6 Å². The number of rotatable bonds is 2. The van der Waals surface area contributed by atoms with E-state index >= 15 is 0 Å². The maximum Gasteiger partial charge on any atom is 0.0428 e. The minimum Gasteiger partial charge on any atom is -0.397 e. The van der Waals surface area contributed by atoms with Crippen molar-refractivity contribution < 1.29 is 22.3 Å². The van der Waals surface area contributed by atoms with E-state index in [0.29, 0.717) is 6.61 Å². The van der Waals surface area contributed by atoms with Crippen LogP contribution < -0.4 is 5.73 Å². The smallest absolute Gasteiger partial charge is 0.0428 e. The first-order chi connectivity index (χ1) is 8.24. The maximum atomic E-state index is 8.00. The van der Waals surface area contributed by atoms with Gasteiger partial charge in [0.15, 0.2) is 0 Å². The van der Waals surface area contributed by atoms with Crippen molar-refractivity contribution in [3.63, 3.8) is 0 Å². The molecular formula is C13H44ClF2NO2. The number of halogens is 3. The van der Waals surface area contributed by atoms with Crippen LogP contribution >= 0.6 is 11.6 Å². The molecule has 6 heteroatoms. The molecule has 0 radical (unpaired) electrons. The summed E-state index contributed by atoms with van der Waals surface area (Å²) in [4.78, 5) is 0. The Morgan fingerprint density at radius 1 is 0.947 bits per heavy atom. The molecule has 134 valence electrons. The van der Waals surface area contributed by atoms with Crippen molar-refractivity contribution in [3.05, 3.63) is 0 Å². The summed E-state index contributed by atoms with van der Waals surface area (Å²) < 4.78 is 26.0. The van der Waals surface area contributed by atoms with Crippen LogP contribution in [0.1, 0.15) is 66.3 Å². The highest BCUT2D eigenvalue weighted by molar-refractivity contribution is 6.17. The fourth-order valence-electron chi connectivity index (χ4n) is 0. The van der Waals surface area contributed by atoms with E-state index < -0.39 is 0 Å². The largest absolute Gasteiger partial charge is 0.397 e. The summed E-state index contributed by atoms with van der Waals surface area (Å²) in [5, 5.41) is 15.4. The zero-order valence-electron chi connectivity index (χ0n) is 12.1. The molecule has 4 N–H and O–H groups in total. The van der Waals surface area contributed by atoms with Gasteiger partial charge in [-0.3, -0.25) is 0 Å². The van der Waals surface area contributed by atoms with Crippen LogP contribution in [0.4, 0.5) is 9.15 Å². The molecule has 0 aliphatic carbocycles. The Morgan fingerprint density at radius 3 is 1.05 bits per heavy atom. The topological polar surface area (TPSA) is 66.5 Å². The van der Waals surface area contributed by atoms with Crippen LogP contribution in [0.2, 0.25) is 0 Å². The first kappa shape index (κ1) is 50.8. The van der Waals surface area contributed by atoms with Crippen LogP contribution in [-0.4, -0.2) is 36.4 Å². The predicted octanol–water partition coefficient (Wildman–Crippen LogP) is 5.23. The third kappa shape index (κ3) is 1120. The van der Waals surface area contributed by atoms with Crippen LogP contribution in [0.5, 0.6) is 0 Å². The molecule has 0 aliphatic rings. The fraction of sp³-hybridized carbons (Fsp3) is 1.00. The van der Waals surface area contributed by atoms with Gasteiger partial charge in [-0.15, -0.1) is 11.6 Å². The average Bonchev–Trinajstić information content (AvgIpc) is 2.46. The summed E-state index contributed by atoms with van der Waals surface area (Å²) in [7, 11) is 1.50. The van der Waals surface area contributed by atoms with Crippen molar-refractivity contribution in [1.82, 2.24) is 0 Å². The zero-order valence-corrected chi connectivity index (χ0v) is 10.9. The standard InChI is InChI=1S/C3H7Cl.C3H8O.C2H6O.CH5N.4CH4.F2.H2/c2*1-2-3-4;1-2-3;1-2;;;;;1-2;/h2-3H2,1H3;4H,2-3H2,1H3;3H,2H2,1H3;2H2,1H3;4*1H4;;1H/i;;;;;;;;;1+1D. The molecule has 0 amide bonds. The number of aliphatic hydroxyl groups excluding tert-OH is 2. The van der Waals surface area contributed by atoms with Gasteiger partial charge in [-0.25, -0.2) is 0 Å². The molecular weight excluding hydrogens is 276 g/mol. The lowest BCUT2D eigenvalue weighted by Crippen LogP contribution is -1.69. The quantitative estimate of drug-likeness (QED) is 0.610. The molecule has 0 saturated heterocycles. The van der Waals surface area contributed by atoms with Crippen LogP contribution in [0.15, 0.2) is 0 Å². The van der Waals surface area contributed by atoms with E-state index in [1.807, 2.05) is 13.8 Å². The molecule has 0 aromatic carbocycles. The highest BCUT2D eigenvalue weighted by atomic mass is 35.5. The summed E-state index contributed by atoms with van der Waals surface area (Å²) >= 11 is 5.19. The second kappa shape index (κ2) is 207. The number of aliphatic hydroxyl groups is 2. The highest BCUT2D eigenvalue weighted by Crippen LogP contribution is 1.75. The molecule has 0 aromatic rings. The molecule has 0 saturated carbocycles. The Balaban J connectivity index is -0.00000000855. The van der Waals surface area contributed by atoms with Gasteiger partial charge in [0, 0.05) is 31.2 Å². The third-order valence-corrected chi connectivity index (χ3v) is 0.791. The first-order valence-corrected chi connectivity index (χ1v) is 5.28. The Bertz CT molecular complexity index is 53.4. The molecule has 19 heavy (non-hydrogen) atoms. The third-order valence-electron chi connectivity index (χ3n) is 0.413. The van der Waals surface area contributed by atoms with Gasteiger partial charge in [0.25, 0.3) is 0 Å². The summed E-state index contributed by atoms with van der Waals surface area (Å²) in [6, 6.07) is 0. The summed E-state index contributed by atoms with van der Waals surface area (Å²) in [6.45, 7) is 6.23. The van der Waals surface area contributed by atoms with Crippen molar-refractivity contribution in [3.8, 4) is 0 Å². The van der Waals surface area contributed by atoms with E-state index in [4.69, 9.17) is 33.9 Å². The van der Waals surface area contributed by atoms with Crippen LogP contribution in [0.3, 0.4) is 0 Å². The lowest BCUT2D eigenvalue weighted by molar-refractivity contribution is 0.108. The molecule has 0 spiro atoms. The lowest BCUT2D eigenvalue weighted by Gasteiger charge is -1.69. The van der Waals surface area contributed by atoms with E-state index in [0.717, 1.165) is 18.7 Å². The Labute approximate surface area is 130 Å². The molecule has 0 heterocycles. The molecule has 0 aromatic heterocycles. The zero-order chi connectivity index (χ0) is 15.5. The van der Waals surface area contributed by atoms with Gasteiger partial charge in [0.2, 0.25) is 0 Å². The van der Waals surface area contributed by atoms with Crippen LogP contribution in [-0.2, 0) is 0 Å². The van der Waals surface area contributed by atoms with Crippen molar-refractivity contribution in [2.24, 2.45) is 5.73 Å². The van der Waals surface area contributed by atoms with E-state index in [-0.39, 0.29) is 36.3 Å². The van der Waals surface area contributed by atoms with Gasteiger partial charge < -0.3 is 15.9 Å². The van der Waals surface area contributed by atoms with Crippen LogP contribution in [0, 0.1) is 0 Å². The summed E-state index contributed by atoms with van der Waals surface area (Å²) in [5.41, 5.74) is 4.50. The molecule has 0 unspecified atom stereocenters. The van der Waals surface area contributed by atoms with E-state index in [9.17, 15) is 0 Å². The van der Waals surface area contributed by atoms with Crippen molar-refractivity contribution in [2.75, 3.05) is 26.1 Å². The van der Waals surface area contributed by atoms with E-state index in [1.165, 1.54) is 7.05 Å². The van der Waals surface area contributed by atoms with Crippen LogP contribution in [0.25, 0.3) is 0 Å². The molecule has 3 nitrogen and oxygen atoms in total. The van der Waals surface area contributed by atoms with Gasteiger partial charge in [-0.2, -0.15) is 0 Å². The number of nitrogens with two attached hydrogens (primary N) is 1. The maximum absolute atomic E-state index is 8.00. The van der Waals surface area contributed by atoms with Gasteiger partial charge in [0.1, 0.15) is 0 Å². The molecule has 0 aliphatic heterocycles. The number of alkyl halides is 1. The van der Waals surface area contributed by atoms with Gasteiger partial charge in [-0.1, -0.05) is 43.6 Å². The van der Waals surface area contributed by atoms with Gasteiger partial charge in [-0.05, 0) is 26.8 Å². The van der Waals surface area contributed by atoms with E-state index in [2.05, 4.69) is 5.73 Å². The molecule has 0 atom stereocenters. The summed E-state index contributed by atoms with van der Waals surface area (Å²) in [5.74, 6) is 0.792. The minimum absolute atomic E-state index is 0. The van der Waals surface area contributed by atoms with Gasteiger partial charge >= 0.3 is 0 Å².